The Hall–Kier alpha value is -0.520. The van der Waals surface area contributed by atoms with E-state index in [4.69, 9.17) is 0 Å². The fraction of sp³-hybridized carbons (Fsp3) is 0.545. The predicted molar refractivity (Wildman–Crippen MR) is 48.0 cm³/mol. The van der Waals surface area contributed by atoms with Crippen molar-refractivity contribution in [1.29, 1.82) is 0 Å². The van der Waals surface area contributed by atoms with Crippen molar-refractivity contribution in [3.63, 3.8) is 0 Å². The van der Waals surface area contributed by atoms with Crippen molar-refractivity contribution in [1.82, 2.24) is 0 Å². The molecule has 1 radical (unpaired) electrons. The lowest BCUT2D eigenvalue weighted by Crippen LogP contribution is -2.20. The third-order valence-corrected chi connectivity index (χ3v) is 2.99. The maximum absolute atomic E-state index is 2.38. The Bertz CT molecular complexity index is 196. The Kier molecular flexibility index (Phi) is 1.63. The fourth-order valence-corrected chi connectivity index (χ4v) is 2.01. The van der Waals surface area contributed by atoms with Gasteiger partial charge in [0.25, 0.3) is 0 Å². The molecule has 0 heterocycles. The first-order valence-corrected chi connectivity index (χ1v) is 4.58. The molecule has 1 saturated carbocycles. The third-order valence-electron chi connectivity index (χ3n) is 2.99. The Morgan fingerprint density at radius 1 is 1.27 bits per heavy atom. The molecule has 2 aliphatic carbocycles. The maximum atomic E-state index is 2.38. The molecule has 0 aliphatic heterocycles. The van der Waals surface area contributed by atoms with E-state index in [9.17, 15) is 0 Å². The molecule has 2 rings (SSSR count). The molecule has 0 amide bonds. The number of hydrogen-bond acceptors (Lipinski definition) is 0. The highest BCUT2D eigenvalue weighted by Crippen LogP contribution is 2.51. The van der Waals surface area contributed by atoms with Gasteiger partial charge in [-0.25, -0.2) is 0 Å². The van der Waals surface area contributed by atoms with Gasteiger partial charge in [-0.3, -0.25) is 0 Å². The van der Waals surface area contributed by atoms with E-state index < -0.39 is 0 Å². The van der Waals surface area contributed by atoms with E-state index in [-0.39, 0.29) is 0 Å². The molecule has 0 aromatic rings. The molecule has 1 unspecified atom stereocenters. The SMILES string of the molecule is CCC1(C2CC2)[CH]C=CC=C1. The average molecular weight is 147 g/mol. The maximum Gasteiger partial charge on any atom is -0.00207 e. The second-order valence-electron chi connectivity index (χ2n) is 3.65. The lowest BCUT2D eigenvalue weighted by molar-refractivity contribution is 0.381. The molecule has 59 valence electrons. The molecule has 0 spiro atoms. The van der Waals surface area contributed by atoms with Crippen LogP contribution in [-0.4, -0.2) is 0 Å². The molecule has 1 atom stereocenters. The van der Waals surface area contributed by atoms with Gasteiger partial charge in [0.1, 0.15) is 0 Å². The second kappa shape index (κ2) is 2.51. The van der Waals surface area contributed by atoms with E-state index in [0.717, 1.165) is 5.92 Å². The standard InChI is InChI=1S/C11H15/c1-2-11(10-6-7-10)8-4-3-5-9-11/h3-5,8-10H,2,6-7H2,1H3. The summed E-state index contributed by atoms with van der Waals surface area (Å²) in [6.07, 6.45) is 15.4. The van der Waals surface area contributed by atoms with Gasteiger partial charge >= 0.3 is 0 Å². The summed E-state index contributed by atoms with van der Waals surface area (Å²) in [4.78, 5) is 0. The van der Waals surface area contributed by atoms with Gasteiger partial charge in [0.2, 0.25) is 0 Å². The highest BCUT2D eigenvalue weighted by atomic mass is 14.5. The van der Waals surface area contributed by atoms with Crippen molar-refractivity contribution in [3.05, 3.63) is 30.7 Å². The molecule has 1 fully saturated rings. The topological polar surface area (TPSA) is 0 Å². The van der Waals surface area contributed by atoms with Gasteiger partial charge in [-0.15, -0.1) is 0 Å². The van der Waals surface area contributed by atoms with Gasteiger partial charge in [-0.1, -0.05) is 31.2 Å². The zero-order valence-electron chi connectivity index (χ0n) is 7.09. The summed E-state index contributed by atoms with van der Waals surface area (Å²) >= 11 is 0. The summed E-state index contributed by atoms with van der Waals surface area (Å²) in [6.45, 7) is 2.29. The zero-order valence-corrected chi connectivity index (χ0v) is 7.09. The monoisotopic (exact) mass is 147 g/mol. The van der Waals surface area contributed by atoms with E-state index in [1.807, 2.05) is 0 Å². The summed E-state index contributed by atoms with van der Waals surface area (Å²) in [5, 5.41) is 0. The zero-order chi connectivity index (χ0) is 7.73. The second-order valence-corrected chi connectivity index (χ2v) is 3.65. The fourth-order valence-electron chi connectivity index (χ4n) is 2.01. The molecule has 0 N–H and O–H groups in total. The first-order valence-electron chi connectivity index (χ1n) is 4.58. The van der Waals surface area contributed by atoms with Crippen LogP contribution in [0.4, 0.5) is 0 Å². The van der Waals surface area contributed by atoms with E-state index in [0.29, 0.717) is 5.41 Å². The third kappa shape index (κ3) is 1.15. The van der Waals surface area contributed by atoms with Crippen LogP contribution in [0.2, 0.25) is 0 Å². The lowest BCUT2D eigenvalue weighted by Gasteiger charge is -2.29. The van der Waals surface area contributed by atoms with Crippen LogP contribution in [0.5, 0.6) is 0 Å². The first kappa shape index (κ1) is 7.15. The van der Waals surface area contributed by atoms with Crippen LogP contribution in [0.3, 0.4) is 0 Å². The van der Waals surface area contributed by atoms with Crippen molar-refractivity contribution >= 4 is 0 Å². The summed E-state index contributed by atoms with van der Waals surface area (Å²) < 4.78 is 0. The average Bonchev–Trinajstić information content (AvgIpc) is 2.88. The number of allylic oxidation sites excluding steroid dienone is 4. The Morgan fingerprint density at radius 3 is 2.55 bits per heavy atom. The van der Waals surface area contributed by atoms with Gasteiger partial charge < -0.3 is 0 Å². The summed E-state index contributed by atoms with van der Waals surface area (Å²) in [7, 11) is 0. The lowest BCUT2D eigenvalue weighted by atomic mass is 9.75. The molecule has 0 aromatic carbocycles. The Morgan fingerprint density at radius 2 is 2.09 bits per heavy atom. The normalized spacial score (nSPS) is 36.1. The van der Waals surface area contributed by atoms with Crippen molar-refractivity contribution in [2.24, 2.45) is 11.3 Å². The van der Waals surface area contributed by atoms with Crippen LogP contribution in [0, 0.1) is 17.8 Å². The van der Waals surface area contributed by atoms with Crippen molar-refractivity contribution in [2.75, 3.05) is 0 Å². The largest absolute Gasteiger partial charge is 0.0799 e. The van der Waals surface area contributed by atoms with Crippen LogP contribution < -0.4 is 0 Å². The van der Waals surface area contributed by atoms with Gasteiger partial charge in [-0.2, -0.15) is 0 Å². The van der Waals surface area contributed by atoms with Gasteiger partial charge in [0.05, 0.1) is 0 Å². The van der Waals surface area contributed by atoms with Gasteiger partial charge in [-0.05, 0) is 37.0 Å². The molecule has 0 saturated heterocycles. The predicted octanol–water partition coefficient (Wildman–Crippen LogP) is 3.12. The minimum Gasteiger partial charge on any atom is -0.0799 e. The summed E-state index contributed by atoms with van der Waals surface area (Å²) in [5.74, 6) is 0.952. The highest BCUT2D eigenvalue weighted by molar-refractivity contribution is 5.27. The molecule has 0 nitrogen and oxygen atoms in total. The van der Waals surface area contributed by atoms with E-state index in [1.165, 1.54) is 19.3 Å². The Balaban J connectivity index is 2.15. The molecule has 0 heteroatoms. The number of rotatable bonds is 2. The molecule has 2 aliphatic rings. The van der Waals surface area contributed by atoms with E-state index >= 15 is 0 Å². The smallest absolute Gasteiger partial charge is 0.00207 e. The summed E-state index contributed by atoms with van der Waals surface area (Å²) in [5.41, 5.74) is 0.439. The van der Waals surface area contributed by atoms with Gasteiger partial charge in [0.15, 0.2) is 0 Å². The van der Waals surface area contributed by atoms with E-state index in [1.54, 1.807) is 0 Å². The van der Waals surface area contributed by atoms with Crippen molar-refractivity contribution in [2.45, 2.75) is 26.2 Å². The molecular formula is C11H15. The minimum atomic E-state index is 0.439. The molecule has 11 heavy (non-hydrogen) atoms. The summed E-state index contributed by atoms with van der Waals surface area (Å²) in [6, 6.07) is 0. The quantitative estimate of drug-likeness (QED) is 0.563. The molecular weight excluding hydrogens is 132 g/mol. The van der Waals surface area contributed by atoms with Crippen molar-refractivity contribution in [3.8, 4) is 0 Å². The highest BCUT2D eigenvalue weighted by Gasteiger charge is 2.41. The van der Waals surface area contributed by atoms with E-state index in [2.05, 4.69) is 37.6 Å². The van der Waals surface area contributed by atoms with Crippen LogP contribution in [0.1, 0.15) is 26.2 Å². The van der Waals surface area contributed by atoms with Crippen LogP contribution in [0.15, 0.2) is 24.3 Å². The molecule has 0 bridgehead atoms. The van der Waals surface area contributed by atoms with Crippen LogP contribution >= 0.6 is 0 Å². The number of hydrogen-bond donors (Lipinski definition) is 0. The minimum absolute atomic E-state index is 0.439. The first-order chi connectivity index (χ1) is 5.37. The van der Waals surface area contributed by atoms with Crippen LogP contribution in [0.25, 0.3) is 0 Å². The molecule has 0 aromatic heterocycles. The van der Waals surface area contributed by atoms with Crippen LogP contribution in [-0.2, 0) is 0 Å². The Labute approximate surface area is 69.0 Å². The van der Waals surface area contributed by atoms with Crippen molar-refractivity contribution < 1.29 is 0 Å². The van der Waals surface area contributed by atoms with Gasteiger partial charge in [0, 0.05) is 0 Å².